The van der Waals surface area contributed by atoms with Crippen LogP contribution in [0.4, 0.5) is 5.69 Å². The van der Waals surface area contributed by atoms with Gasteiger partial charge in [-0.05, 0) is 59.0 Å². The third-order valence-corrected chi connectivity index (χ3v) is 7.08. The lowest BCUT2D eigenvalue weighted by Crippen LogP contribution is -2.25. The number of carbonyl (C=O) groups is 1. The van der Waals surface area contributed by atoms with Gasteiger partial charge in [-0.15, -0.1) is 0 Å². The van der Waals surface area contributed by atoms with Gasteiger partial charge >= 0.3 is 0 Å². The zero-order chi connectivity index (χ0) is 19.9. The van der Waals surface area contributed by atoms with Crippen LogP contribution < -0.4 is 10.6 Å². The van der Waals surface area contributed by atoms with E-state index in [4.69, 9.17) is 4.74 Å². The van der Waals surface area contributed by atoms with E-state index in [1.807, 2.05) is 0 Å². The molecule has 2 aromatic rings. The van der Waals surface area contributed by atoms with Crippen LogP contribution in [0.15, 0.2) is 39.8 Å². The zero-order valence-electron chi connectivity index (χ0n) is 14.9. The van der Waals surface area contributed by atoms with Crippen molar-refractivity contribution in [1.29, 1.82) is 0 Å². The topological polar surface area (TPSA) is 110 Å². The van der Waals surface area contributed by atoms with Gasteiger partial charge in [-0.3, -0.25) is 10.1 Å². The van der Waals surface area contributed by atoms with Crippen molar-refractivity contribution in [3.05, 3.63) is 46.2 Å². The molecule has 0 saturated carbocycles. The molecule has 1 amide bonds. The fraction of sp³-hybridized carbons (Fsp3) is 0.389. The van der Waals surface area contributed by atoms with Crippen molar-refractivity contribution in [2.24, 2.45) is 0 Å². The predicted octanol–water partition coefficient (Wildman–Crippen LogP) is 2.20. The number of aliphatic hydroxyl groups is 1. The third-order valence-electron chi connectivity index (χ3n) is 4.92. The molecule has 1 saturated heterocycles. The molecule has 2 atom stereocenters. The van der Waals surface area contributed by atoms with Crippen LogP contribution in [0.5, 0.6) is 0 Å². The average molecular weight is 470 g/mol. The predicted molar refractivity (Wildman–Crippen MR) is 106 cm³/mol. The van der Waals surface area contributed by atoms with Gasteiger partial charge in [0.2, 0.25) is 0 Å². The summed E-state index contributed by atoms with van der Waals surface area (Å²) in [5.74, 6) is -0.536. The number of carbonyl (C=O) groups excluding carboxylic acids is 1. The summed E-state index contributed by atoms with van der Waals surface area (Å²) >= 11 is 3.20. The number of hydrogen-bond acceptors (Lipinski definition) is 6. The average Bonchev–Trinajstić information content (AvgIpc) is 3.29. The number of ether oxygens (including phenoxy) is 1. The molecule has 0 spiro atoms. The Morgan fingerprint density at radius 3 is 2.96 bits per heavy atom. The number of rotatable bonds is 5. The summed E-state index contributed by atoms with van der Waals surface area (Å²) in [5.41, 5.74) is 0.622. The van der Waals surface area contributed by atoms with Crippen LogP contribution in [0.1, 0.15) is 41.5 Å². The second-order valence-corrected chi connectivity index (χ2v) is 9.53. The Morgan fingerprint density at radius 1 is 1.39 bits per heavy atom. The third kappa shape index (κ3) is 3.62. The summed E-state index contributed by atoms with van der Waals surface area (Å²) in [7, 11) is -3.94. The molecule has 1 aromatic carbocycles. The number of nitrogens with zero attached hydrogens (tertiary/aromatic N) is 1. The number of nitrogens with one attached hydrogen (secondary N) is 2. The van der Waals surface area contributed by atoms with E-state index in [9.17, 15) is 18.3 Å². The molecule has 10 heteroatoms. The van der Waals surface area contributed by atoms with E-state index in [-0.39, 0.29) is 22.4 Å². The maximum Gasteiger partial charge on any atom is 0.273 e. The van der Waals surface area contributed by atoms with Gasteiger partial charge < -0.3 is 15.2 Å². The molecule has 28 heavy (non-hydrogen) atoms. The van der Waals surface area contributed by atoms with Gasteiger partial charge in [0.1, 0.15) is 16.8 Å². The van der Waals surface area contributed by atoms with Crippen molar-refractivity contribution in [2.75, 3.05) is 18.5 Å². The molecule has 8 nitrogen and oxygen atoms in total. The Balaban J connectivity index is 1.56. The second kappa shape index (κ2) is 7.60. The normalized spacial score (nSPS) is 21.5. The molecule has 4 rings (SSSR count). The molecular formula is C18H20BrN3O5S. The largest absolute Gasteiger partial charge is 0.378 e. The Hall–Kier alpha value is -1.72. The van der Waals surface area contributed by atoms with Crippen molar-refractivity contribution >= 4 is 37.5 Å². The van der Waals surface area contributed by atoms with E-state index in [1.165, 1.54) is 30.5 Å². The van der Waals surface area contributed by atoms with Crippen LogP contribution in [-0.2, 0) is 14.8 Å². The van der Waals surface area contributed by atoms with E-state index >= 15 is 0 Å². The molecule has 1 fully saturated rings. The lowest BCUT2D eigenvalue weighted by Gasteiger charge is -2.17. The maximum atomic E-state index is 12.9. The summed E-state index contributed by atoms with van der Waals surface area (Å²) < 4.78 is 32.9. The first-order valence-electron chi connectivity index (χ1n) is 8.98. The van der Waals surface area contributed by atoms with E-state index < -0.39 is 22.2 Å². The monoisotopic (exact) mass is 469 g/mol. The van der Waals surface area contributed by atoms with Gasteiger partial charge in [0, 0.05) is 23.8 Å². The first-order chi connectivity index (χ1) is 13.4. The van der Waals surface area contributed by atoms with E-state index in [0.717, 1.165) is 29.8 Å². The molecule has 3 heterocycles. The standard InChI is InChI=1S/C18H20BrN3O5S/c19-12-9-15-18(24)21-14-8-11(3-4-16(14)28(25,26)22(15)10-12)17(23)20-6-5-13-2-1-7-27-13/h3-4,8-10,13,17,20,23H,1-2,5-7H2,(H,21,24). The fourth-order valence-corrected chi connectivity index (χ4v) is 5.52. The van der Waals surface area contributed by atoms with Gasteiger partial charge in [-0.25, -0.2) is 12.4 Å². The molecule has 150 valence electrons. The summed E-state index contributed by atoms with van der Waals surface area (Å²) in [5, 5.41) is 16.0. The summed E-state index contributed by atoms with van der Waals surface area (Å²) in [4.78, 5) is 12.4. The van der Waals surface area contributed by atoms with Gasteiger partial charge in [0.15, 0.2) is 0 Å². The van der Waals surface area contributed by atoms with Crippen molar-refractivity contribution in [1.82, 2.24) is 9.29 Å². The highest BCUT2D eigenvalue weighted by molar-refractivity contribution is 9.10. The van der Waals surface area contributed by atoms with Gasteiger partial charge in [-0.2, -0.15) is 0 Å². The van der Waals surface area contributed by atoms with E-state index in [1.54, 1.807) is 0 Å². The molecule has 2 unspecified atom stereocenters. The molecule has 0 radical (unpaired) electrons. The molecule has 2 aliphatic rings. The van der Waals surface area contributed by atoms with Gasteiger partial charge in [-0.1, -0.05) is 6.07 Å². The van der Waals surface area contributed by atoms with Crippen molar-refractivity contribution in [3.8, 4) is 0 Å². The van der Waals surface area contributed by atoms with Crippen LogP contribution in [0.3, 0.4) is 0 Å². The van der Waals surface area contributed by atoms with Crippen molar-refractivity contribution in [3.63, 3.8) is 0 Å². The minimum Gasteiger partial charge on any atom is -0.378 e. The number of anilines is 1. The molecule has 2 aliphatic heterocycles. The van der Waals surface area contributed by atoms with Gasteiger partial charge in [0.25, 0.3) is 15.9 Å². The highest BCUT2D eigenvalue weighted by Gasteiger charge is 2.31. The first-order valence-corrected chi connectivity index (χ1v) is 11.2. The molecule has 0 bridgehead atoms. The van der Waals surface area contributed by atoms with E-state index in [0.29, 0.717) is 16.6 Å². The lowest BCUT2D eigenvalue weighted by molar-refractivity contribution is 0.0918. The van der Waals surface area contributed by atoms with Crippen LogP contribution >= 0.6 is 15.9 Å². The van der Waals surface area contributed by atoms with Crippen molar-refractivity contribution in [2.45, 2.75) is 36.5 Å². The van der Waals surface area contributed by atoms with Crippen LogP contribution in [-0.4, -0.2) is 42.7 Å². The smallest absolute Gasteiger partial charge is 0.273 e. The minimum absolute atomic E-state index is 0.0138. The van der Waals surface area contributed by atoms with E-state index in [2.05, 4.69) is 26.6 Å². The molecule has 3 N–H and O–H groups in total. The maximum absolute atomic E-state index is 12.9. The first kappa shape index (κ1) is 19.6. The number of aliphatic hydroxyl groups excluding tert-OH is 1. The molecule has 0 aliphatic carbocycles. The Bertz CT molecular complexity index is 1010. The van der Waals surface area contributed by atoms with Crippen LogP contribution in [0, 0.1) is 0 Å². The SMILES string of the molecule is O=C1Nc2cc(C(O)NCCC3CCCO3)ccc2S(=O)(=O)n2cc(Br)cc21. The zero-order valence-corrected chi connectivity index (χ0v) is 17.3. The molecular weight excluding hydrogens is 450 g/mol. The van der Waals surface area contributed by atoms with Crippen molar-refractivity contribution < 1.29 is 23.1 Å². The second-order valence-electron chi connectivity index (χ2n) is 6.83. The highest BCUT2D eigenvalue weighted by atomic mass is 79.9. The Morgan fingerprint density at radius 2 is 2.21 bits per heavy atom. The quantitative estimate of drug-likeness (QED) is 0.579. The Kier molecular flexibility index (Phi) is 5.32. The number of benzene rings is 1. The summed E-state index contributed by atoms with van der Waals surface area (Å²) in [6.45, 7) is 1.35. The van der Waals surface area contributed by atoms with Crippen LogP contribution in [0.25, 0.3) is 0 Å². The number of fused-ring (bicyclic) bond motifs is 2. The highest BCUT2D eigenvalue weighted by Crippen LogP contribution is 2.32. The number of amides is 1. The number of halogens is 1. The van der Waals surface area contributed by atoms with Crippen LogP contribution in [0.2, 0.25) is 0 Å². The Labute approximate surface area is 171 Å². The summed E-state index contributed by atoms with van der Waals surface area (Å²) in [6, 6.07) is 5.86. The fourth-order valence-electron chi connectivity index (χ4n) is 3.48. The lowest BCUT2D eigenvalue weighted by atomic mass is 10.1. The molecule has 1 aromatic heterocycles. The minimum atomic E-state index is -3.94. The van der Waals surface area contributed by atoms with Gasteiger partial charge in [0.05, 0.1) is 11.8 Å². The summed E-state index contributed by atoms with van der Waals surface area (Å²) in [6.07, 6.45) is 3.45. The number of hydrogen-bond donors (Lipinski definition) is 3. The number of aromatic nitrogens is 1.